The van der Waals surface area contributed by atoms with Gasteiger partial charge in [0.15, 0.2) is 0 Å². The number of rotatable bonds is 2. The first-order valence-electron chi connectivity index (χ1n) is 4.39. The Labute approximate surface area is 85.8 Å². The summed E-state index contributed by atoms with van der Waals surface area (Å²) >= 11 is 0. The van der Waals surface area contributed by atoms with Gasteiger partial charge in [-0.25, -0.2) is 4.79 Å². The van der Waals surface area contributed by atoms with Crippen LogP contribution in [0.15, 0.2) is 24.4 Å². The summed E-state index contributed by atoms with van der Waals surface area (Å²) in [6.07, 6.45) is 1.28. The van der Waals surface area contributed by atoms with Crippen LogP contribution >= 0.6 is 0 Å². The van der Waals surface area contributed by atoms with Crippen molar-refractivity contribution in [3.63, 3.8) is 0 Å². The van der Waals surface area contributed by atoms with E-state index in [4.69, 9.17) is 5.11 Å². The second kappa shape index (κ2) is 3.53. The van der Waals surface area contributed by atoms with Crippen molar-refractivity contribution in [2.45, 2.75) is 6.92 Å². The SMILES string of the molecule is Cc1cccc(-c2[nH]ncc2C(=O)O)n1. The highest BCUT2D eigenvalue weighted by molar-refractivity contribution is 5.93. The normalized spacial score (nSPS) is 10.2. The van der Waals surface area contributed by atoms with Crippen LogP contribution in [0.25, 0.3) is 11.4 Å². The fourth-order valence-corrected chi connectivity index (χ4v) is 1.33. The second-order valence-electron chi connectivity index (χ2n) is 3.13. The number of aromatic nitrogens is 3. The molecule has 0 aromatic carbocycles. The van der Waals surface area contributed by atoms with Crippen molar-refractivity contribution in [3.8, 4) is 11.4 Å². The fourth-order valence-electron chi connectivity index (χ4n) is 1.33. The lowest BCUT2D eigenvalue weighted by molar-refractivity contribution is 0.0698. The number of pyridine rings is 1. The molecule has 0 aliphatic rings. The molecule has 0 saturated carbocycles. The number of aromatic carboxylic acids is 1. The van der Waals surface area contributed by atoms with E-state index in [1.807, 2.05) is 19.1 Å². The number of H-pyrrole nitrogens is 1. The Hall–Kier alpha value is -2.17. The van der Waals surface area contributed by atoms with Crippen LogP contribution in [0.4, 0.5) is 0 Å². The zero-order chi connectivity index (χ0) is 10.8. The maximum atomic E-state index is 10.9. The largest absolute Gasteiger partial charge is 0.478 e. The monoisotopic (exact) mass is 203 g/mol. The van der Waals surface area contributed by atoms with E-state index in [9.17, 15) is 4.79 Å². The molecule has 0 unspecified atom stereocenters. The number of nitrogens with one attached hydrogen (secondary N) is 1. The Morgan fingerprint density at radius 3 is 2.93 bits per heavy atom. The van der Waals surface area contributed by atoms with Crippen LogP contribution in [-0.2, 0) is 0 Å². The third kappa shape index (κ3) is 1.71. The molecule has 5 nitrogen and oxygen atoms in total. The maximum Gasteiger partial charge on any atom is 0.339 e. The summed E-state index contributed by atoms with van der Waals surface area (Å²) in [6, 6.07) is 5.41. The topological polar surface area (TPSA) is 78.9 Å². The van der Waals surface area contributed by atoms with Crippen LogP contribution in [0.3, 0.4) is 0 Å². The Morgan fingerprint density at radius 1 is 1.47 bits per heavy atom. The molecular weight excluding hydrogens is 194 g/mol. The van der Waals surface area contributed by atoms with Crippen LogP contribution in [0.5, 0.6) is 0 Å². The molecule has 0 radical (unpaired) electrons. The van der Waals surface area contributed by atoms with E-state index in [0.29, 0.717) is 11.4 Å². The standard InChI is InChI=1S/C10H9N3O2/c1-6-3-2-4-8(12-6)9-7(10(14)15)5-11-13-9/h2-5H,1H3,(H,11,13)(H,14,15). The molecule has 0 fully saturated rings. The summed E-state index contributed by atoms with van der Waals surface area (Å²) < 4.78 is 0. The lowest BCUT2D eigenvalue weighted by atomic mass is 10.2. The molecule has 2 aromatic rings. The van der Waals surface area contributed by atoms with Crippen molar-refractivity contribution in [2.75, 3.05) is 0 Å². The molecule has 2 N–H and O–H groups in total. The number of carboxylic acid groups (broad SMARTS) is 1. The predicted molar refractivity (Wildman–Crippen MR) is 53.5 cm³/mol. The van der Waals surface area contributed by atoms with E-state index < -0.39 is 5.97 Å². The molecule has 2 heterocycles. The van der Waals surface area contributed by atoms with Crippen molar-refractivity contribution < 1.29 is 9.90 Å². The van der Waals surface area contributed by atoms with Gasteiger partial charge >= 0.3 is 5.97 Å². The number of hydrogen-bond acceptors (Lipinski definition) is 3. The van der Waals surface area contributed by atoms with Crippen molar-refractivity contribution in [3.05, 3.63) is 35.7 Å². The van der Waals surface area contributed by atoms with Gasteiger partial charge in [0, 0.05) is 5.69 Å². The Kier molecular flexibility index (Phi) is 2.21. The first kappa shape index (κ1) is 9.39. The average molecular weight is 203 g/mol. The zero-order valence-corrected chi connectivity index (χ0v) is 8.06. The van der Waals surface area contributed by atoms with Gasteiger partial charge in [-0.1, -0.05) is 6.07 Å². The van der Waals surface area contributed by atoms with Crippen LogP contribution in [-0.4, -0.2) is 26.3 Å². The minimum atomic E-state index is -1.01. The lowest BCUT2D eigenvalue weighted by Crippen LogP contribution is -1.98. The molecule has 2 rings (SSSR count). The van der Waals surface area contributed by atoms with E-state index in [0.717, 1.165) is 5.69 Å². The van der Waals surface area contributed by atoms with Gasteiger partial charge in [0.05, 0.1) is 17.6 Å². The number of aryl methyl sites for hydroxylation is 1. The quantitative estimate of drug-likeness (QED) is 0.774. The minimum Gasteiger partial charge on any atom is -0.478 e. The van der Waals surface area contributed by atoms with Gasteiger partial charge < -0.3 is 5.11 Å². The first-order chi connectivity index (χ1) is 7.18. The van der Waals surface area contributed by atoms with Gasteiger partial charge in [0.1, 0.15) is 5.56 Å². The highest BCUT2D eigenvalue weighted by atomic mass is 16.4. The molecule has 76 valence electrons. The molecule has 5 heteroatoms. The number of nitrogens with zero attached hydrogens (tertiary/aromatic N) is 2. The smallest absolute Gasteiger partial charge is 0.339 e. The van der Waals surface area contributed by atoms with Crippen LogP contribution in [0.1, 0.15) is 16.1 Å². The molecule has 0 spiro atoms. The van der Waals surface area contributed by atoms with E-state index >= 15 is 0 Å². The van der Waals surface area contributed by atoms with Gasteiger partial charge in [-0.15, -0.1) is 0 Å². The van der Waals surface area contributed by atoms with Crippen molar-refractivity contribution >= 4 is 5.97 Å². The highest BCUT2D eigenvalue weighted by Gasteiger charge is 2.14. The van der Waals surface area contributed by atoms with Crippen LogP contribution in [0, 0.1) is 6.92 Å². The molecule has 0 amide bonds. The Morgan fingerprint density at radius 2 is 2.27 bits per heavy atom. The van der Waals surface area contributed by atoms with Gasteiger partial charge in [-0.05, 0) is 19.1 Å². The van der Waals surface area contributed by atoms with E-state index in [-0.39, 0.29) is 5.56 Å². The van der Waals surface area contributed by atoms with Gasteiger partial charge in [0.2, 0.25) is 0 Å². The molecular formula is C10H9N3O2. The lowest BCUT2D eigenvalue weighted by Gasteiger charge is -1.99. The van der Waals surface area contributed by atoms with E-state index in [2.05, 4.69) is 15.2 Å². The molecule has 0 aliphatic carbocycles. The molecule has 0 aliphatic heterocycles. The number of carboxylic acids is 1. The summed E-state index contributed by atoms with van der Waals surface area (Å²) in [5.41, 5.74) is 1.99. The number of carbonyl (C=O) groups is 1. The third-order valence-corrected chi connectivity index (χ3v) is 2.01. The maximum absolute atomic E-state index is 10.9. The summed E-state index contributed by atoms with van der Waals surface area (Å²) in [4.78, 5) is 15.1. The summed E-state index contributed by atoms with van der Waals surface area (Å²) in [5, 5.41) is 15.2. The summed E-state index contributed by atoms with van der Waals surface area (Å²) in [5.74, 6) is -1.01. The molecule has 0 saturated heterocycles. The van der Waals surface area contributed by atoms with E-state index in [1.165, 1.54) is 6.20 Å². The molecule has 2 aromatic heterocycles. The van der Waals surface area contributed by atoms with Crippen molar-refractivity contribution in [1.82, 2.24) is 15.2 Å². The number of aromatic amines is 1. The molecule has 0 bridgehead atoms. The minimum absolute atomic E-state index is 0.133. The average Bonchev–Trinajstić information content (AvgIpc) is 2.65. The van der Waals surface area contributed by atoms with Gasteiger partial charge in [-0.3, -0.25) is 10.1 Å². The Bertz CT molecular complexity index is 505. The predicted octanol–water partition coefficient (Wildman–Crippen LogP) is 1.48. The van der Waals surface area contributed by atoms with Gasteiger partial charge in [0.25, 0.3) is 0 Å². The third-order valence-electron chi connectivity index (χ3n) is 2.01. The van der Waals surface area contributed by atoms with Gasteiger partial charge in [-0.2, -0.15) is 5.10 Å². The molecule has 0 atom stereocenters. The highest BCUT2D eigenvalue weighted by Crippen LogP contribution is 2.18. The van der Waals surface area contributed by atoms with Crippen LogP contribution in [0.2, 0.25) is 0 Å². The summed E-state index contributed by atoms with van der Waals surface area (Å²) in [7, 11) is 0. The van der Waals surface area contributed by atoms with Crippen molar-refractivity contribution in [1.29, 1.82) is 0 Å². The van der Waals surface area contributed by atoms with Crippen molar-refractivity contribution in [2.24, 2.45) is 0 Å². The van der Waals surface area contributed by atoms with Crippen LogP contribution < -0.4 is 0 Å². The zero-order valence-electron chi connectivity index (χ0n) is 8.06. The van der Waals surface area contributed by atoms with E-state index in [1.54, 1.807) is 6.07 Å². The second-order valence-corrected chi connectivity index (χ2v) is 3.13. The number of hydrogen-bond donors (Lipinski definition) is 2. The Balaban J connectivity index is 2.54. The fraction of sp³-hybridized carbons (Fsp3) is 0.100. The first-order valence-corrected chi connectivity index (χ1v) is 4.39. The molecule has 15 heavy (non-hydrogen) atoms. The summed E-state index contributed by atoms with van der Waals surface area (Å²) in [6.45, 7) is 1.85.